The van der Waals surface area contributed by atoms with E-state index in [4.69, 9.17) is 11.0 Å². The molecule has 1 aromatic heterocycles. The second kappa shape index (κ2) is 3.40. The van der Waals surface area contributed by atoms with Crippen LogP contribution in [0, 0.1) is 17.2 Å². The topological polar surface area (TPSA) is 78.9 Å². The third kappa shape index (κ3) is 1.62. The second-order valence-corrected chi connectivity index (χ2v) is 4.19. The number of thiophene rings is 1. The number of carbonyl (C=O) groups excluding carboxylic acids is 1. The highest BCUT2D eigenvalue weighted by Crippen LogP contribution is 2.31. The van der Waals surface area contributed by atoms with Crippen LogP contribution >= 0.6 is 11.3 Å². The van der Waals surface area contributed by atoms with Gasteiger partial charge in [0.1, 0.15) is 11.1 Å². The summed E-state index contributed by atoms with van der Waals surface area (Å²) in [6, 6.07) is 3.70. The van der Waals surface area contributed by atoms with Gasteiger partial charge >= 0.3 is 0 Å². The fourth-order valence-electron chi connectivity index (χ4n) is 1.21. The number of nitrogens with one attached hydrogen (secondary N) is 1. The van der Waals surface area contributed by atoms with E-state index in [1.807, 2.05) is 6.07 Å². The maximum atomic E-state index is 11.5. The Labute approximate surface area is 85.3 Å². The highest BCUT2D eigenvalue weighted by atomic mass is 32.1. The van der Waals surface area contributed by atoms with Crippen LogP contribution in [0.1, 0.15) is 12.0 Å². The average molecular weight is 207 g/mol. The van der Waals surface area contributed by atoms with Crippen LogP contribution in [0.4, 0.5) is 5.00 Å². The van der Waals surface area contributed by atoms with Crippen molar-refractivity contribution in [3.05, 3.63) is 17.0 Å². The minimum absolute atomic E-state index is 0.000461. The summed E-state index contributed by atoms with van der Waals surface area (Å²) >= 11 is 1.35. The van der Waals surface area contributed by atoms with Gasteiger partial charge in [-0.25, -0.2) is 0 Å². The molecule has 1 aromatic rings. The molecule has 0 aromatic carbocycles. The number of nitriles is 1. The molecule has 0 saturated heterocycles. The average Bonchev–Trinajstić information content (AvgIpc) is 2.74. The highest BCUT2D eigenvalue weighted by Gasteiger charge is 2.40. The van der Waals surface area contributed by atoms with E-state index in [-0.39, 0.29) is 17.9 Å². The van der Waals surface area contributed by atoms with Crippen molar-refractivity contribution in [3.8, 4) is 6.07 Å². The maximum Gasteiger partial charge on any atom is 0.229 e. The predicted octanol–water partition coefficient (Wildman–Crippen LogP) is 0.905. The number of nitrogens with two attached hydrogens (primary N) is 1. The van der Waals surface area contributed by atoms with E-state index in [1.54, 1.807) is 11.4 Å². The highest BCUT2D eigenvalue weighted by molar-refractivity contribution is 7.14. The van der Waals surface area contributed by atoms with Crippen LogP contribution in [0.5, 0.6) is 0 Å². The molecule has 2 unspecified atom stereocenters. The zero-order valence-corrected chi connectivity index (χ0v) is 8.17. The van der Waals surface area contributed by atoms with Gasteiger partial charge in [0.05, 0.1) is 11.5 Å². The van der Waals surface area contributed by atoms with Crippen LogP contribution in [0.3, 0.4) is 0 Å². The first-order valence-corrected chi connectivity index (χ1v) is 5.14. The Kier molecular flexibility index (Phi) is 2.23. The van der Waals surface area contributed by atoms with E-state index in [0.717, 1.165) is 6.42 Å². The van der Waals surface area contributed by atoms with Crippen LogP contribution in [0.15, 0.2) is 11.4 Å². The maximum absolute atomic E-state index is 11.5. The van der Waals surface area contributed by atoms with Gasteiger partial charge in [-0.15, -0.1) is 11.3 Å². The normalized spacial score (nSPS) is 24.0. The number of rotatable bonds is 2. The van der Waals surface area contributed by atoms with Crippen molar-refractivity contribution in [1.29, 1.82) is 5.26 Å². The van der Waals surface area contributed by atoms with Crippen LogP contribution in [-0.2, 0) is 4.79 Å². The molecule has 0 spiro atoms. The van der Waals surface area contributed by atoms with Crippen LogP contribution in [0.2, 0.25) is 0 Å². The zero-order valence-electron chi connectivity index (χ0n) is 7.36. The summed E-state index contributed by atoms with van der Waals surface area (Å²) in [5.74, 6) is -0.139. The molecule has 1 aliphatic rings. The minimum Gasteiger partial charge on any atom is -0.327 e. The van der Waals surface area contributed by atoms with Gasteiger partial charge in [0, 0.05) is 6.04 Å². The first-order valence-electron chi connectivity index (χ1n) is 4.26. The van der Waals surface area contributed by atoms with Gasteiger partial charge in [-0.3, -0.25) is 4.79 Å². The number of anilines is 1. The van der Waals surface area contributed by atoms with Gasteiger partial charge in [-0.05, 0) is 17.9 Å². The lowest BCUT2D eigenvalue weighted by Gasteiger charge is -2.00. The number of hydrogen-bond acceptors (Lipinski definition) is 4. The summed E-state index contributed by atoms with van der Waals surface area (Å²) in [7, 11) is 0. The van der Waals surface area contributed by atoms with Crippen LogP contribution in [0.25, 0.3) is 0 Å². The van der Waals surface area contributed by atoms with E-state index in [2.05, 4.69) is 5.32 Å². The molecule has 1 aliphatic carbocycles. The van der Waals surface area contributed by atoms with Gasteiger partial charge in [0.25, 0.3) is 0 Å². The minimum atomic E-state index is -0.0727. The molecule has 14 heavy (non-hydrogen) atoms. The van der Waals surface area contributed by atoms with E-state index in [1.165, 1.54) is 11.3 Å². The molecule has 3 N–H and O–H groups in total. The molecule has 0 aliphatic heterocycles. The Balaban J connectivity index is 2.04. The zero-order chi connectivity index (χ0) is 10.1. The Morgan fingerprint density at radius 1 is 1.79 bits per heavy atom. The molecular formula is C9H9N3OS. The number of amides is 1. The Hall–Kier alpha value is -1.38. The lowest BCUT2D eigenvalue weighted by molar-refractivity contribution is -0.117. The Morgan fingerprint density at radius 2 is 2.50 bits per heavy atom. The van der Waals surface area contributed by atoms with Crippen molar-refractivity contribution in [2.24, 2.45) is 11.7 Å². The summed E-state index contributed by atoms with van der Waals surface area (Å²) in [5, 5.41) is 13.8. The largest absolute Gasteiger partial charge is 0.327 e. The Morgan fingerprint density at radius 3 is 3.07 bits per heavy atom. The second-order valence-electron chi connectivity index (χ2n) is 3.27. The number of nitrogens with zero attached hydrogens (tertiary/aromatic N) is 1. The third-order valence-corrected chi connectivity index (χ3v) is 3.03. The van der Waals surface area contributed by atoms with Crippen molar-refractivity contribution in [2.45, 2.75) is 12.5 Å². The summed E-state index contributed by atoms with van der Waals surface area (Å²) in [6.45, 7) is 0. The summed E-state index contributed by atoms with van der Waals surface area (Å²) < 4.78 is 0. The summed E-state index contributed by atoms with van der Waals surface area (Å²) in [6.07, 6.45) is 0.749. The van der Waals surface area contributed by atoms with Gasteiger partial charge in [-0.2, -0.15) is 5.26 Å². The molecule has 2 rings (SSSR count). The quantitative estimate of drug-likeness (QED) is 0.756. The van der Waals surface area contributed by atoms with Crippen LogP contribution < -0.4 is 11.1 Å². The predicted molar refractivity (Wildman–Crippen MR) is 53.7 cm³/mol. The molecule has 1 saturated carbocycles. The first kappa shape index (κ1) is 9.19. The van der Waals surface area contributed by atoms with Crippen molar-refractivity contribution in [3.63, 3.8) is 0 Å². The molecule has 0 radical (unpaired) electrons. The van der Waals surface area contributed by atoms with E-state index < -0.39 is 0 Å². The fourth-order valence-corrected chi connectivity index (χ4v) is 1.96. The molecule has 1 heterocycles. The van der Waals surface area contributed by atoms with Crippen molar-refractivity contribution in [1.82, 2.24) is 0 Å². The standard InChI is InChI=1S/C9H9N3OS/c10-4-5-1-2-14-9(5)12-8(13)6-3-7(6)11/h1-2,6-7H,3,11H2,(H,12,13). The molecule has 1 fully saturated rings. The Bertz CT molecular complexity index is 406. The number of carbonyl (C=O) groups is 1. The summed E-state index contributed by atoms with van der Waals surface area (Å²) in [5.41, 5.74) is 6.06. The SMILES string of the molecule is N#Cc1ccsc1NC(=O)C1CC1N. The molecule has 4 nitrogen and oxygen atoms in total. The van der Waals surface area contributed by atoms with Gasteiger partial charge in [-0.1, -0.05) is 0 Å². The molecule has 0 bridgehead atoms. The molecule has 72 valence electrons. The smallest absolute Gasteiger partial charge is 0.229 e. The lowest BCUT2D eigenvalue weighted by atomic mass is 10.3. The van der Waals surface area contributed by atoms with Gasteiger partial charge in [0.2, 0.25) is 5.91 Å². The van der Waals surface area contributed by atoms with E-state index in [9.17, 15) is 4.79 Å². The van der Waals surface area contributed by atoms with E-state index in [0.29, 0.717) is 10.6 Å². The molecule has 1 amide bonds. The van der Waals surface area contributed by atoms with E-state index >= 15 is 0 Å². The van der Waals surface area contributed by atoms with Gasteiger partial charge in [0.15, 0.2) is 0 Å². The third-order valence-electron chi connectivity index (χ3n) is 2.20. The molecular weight excluding hydrogens is 198 g/mol. The molecule has 5 heteroatoms. The first-order chi connectivity index (χ1) is 6.72. The van der Waals surface area contributed by atoms with Crippen molar-refractivity contribution >= 4 is 22.2 Å². The monoisotopic (exact) mass is 207 g/mol. The lowest BCUT2D eigenvalue weighted by Crippen LogP contribution is -2.18. The van der Waals surface area contributed by atoms with Gasteiger partial charge < -0.3 is 11.1 Å². The van der Waals surface area contributed by atoms with Crippen molar-refractivity contribution < 1.29 is 4.79 Å². The molecule has 2 atom stereocenters. The fraction of sp³-hybridized carbons (Fsp3) is 0.333. The van der Waals surface area contributed by atoms with Crippen LogP contribution in [-0.4, -0.2) is 11.9 Å². The van der Waals surface area contributed by atoms with Crippen molar-refractivity contribution in [2.75, 3.05) is 5.32 Å². The summed E-state index contributed by atoms with van der Waals surface area (Å²) in [4.78, 5) is 11.5. The number of hydrogen-bond donors (Lipinski definition) is 2.